The third kappa shape index (κ3) is 5.75. The summed E-state index contributed by atoms with van der Waals surface area (Å²) in [6.07, 6.45) is 13.4. The van der Waals surface area contributed by atoms with E-state index in [1.165, 1.54) is 115 Å². The fourth-order valence-corrected chi connectivity index (χ4v) is 6.97. The summed E-state index contributed by atoms with van der Waals surface area (Å²) in [6, 6.07) is 8.03. The molecule has 0 bridgehead atoms. The summed E-state index contributed by atoms with van der Waals surface area (Å²) in [5, 5.41) is 0. The van der Waals surface area contributed by atoms with Gasteiger partial charge in [0.05, 0.1) is 12.6 Å². The Hall–Kier alpha value is -1.26. The van der Waals surface area contributed by atoms with Gasteiger partial charge in [-0.2, -0.15) is 0 Å². The van der Waals surface area contributed by atoms with E-state index in [9.17, 15) is 0 Å². The zero-order valence-electron chi connectivity index (χ0n) is 22.7. The van der Waals surface area contributed by atoms with Crippen LogP contribution in [-0.2, 0) is 4.74 Å². The fourth-order valence-electron chi connectivity index (χ4n) is 6.97. The molecule has 0 N–H and O–H groups in total. The van der Waals surface area contributed by atoms with Crippen LogP contribution in [0.25, 0.3) is 0 Å². The van der Waals surface area contributed by atoms with E-state index in [1.807, 2.05) is 7.11 Å². The van der Waals surface area contributed by atoms with Gasteiger partial charge in [-0.1, -0.05) is 40.0 Å². The standard InChI is InChI=1S/C30H51N3O/c1-5-8-17-31-19-21-32(22-20-31)29-12-11-26(33-18-9-10-27(33)24-34-4)23-28(29)25-13-15-30(6-2,7-3)16-14-25/h11-12,23,25,27H,5-10,13-22,24H2,1-4H3/t27-/m0/s1. The highest BCUT2D eigenvalue weighted by atomic mass is 16.5. The molecule has 1 aromatic rings. The van der Waals surface area contributed by atoms with Crippen LogP contribution in [-0.4, -0.2) is 63.9 Å². The Kier molecular flexibility index (Phi) is 9.21. The zero-order chi connectivity index (χ0) is 24.0. The fraction of sp³-hybridized carbons (Fsp3) is 0.800. The number of benzene rings is 1. The first-order valence-electron chi connectivity index (χ1n) is 14.5. The molecule has 3 fully saturated rings. The number of anilines is 2. The topological polar surface area (TPSA) is 19.0 Å². The maximum Gasteiger partial charge on any atom is 0.0666 e. The molecule has 2 saturated heterocycles. The van der Waals surface area contributed by atoms with Crippen molar-refractivity contribution in [2.45, 2.75) is 96.9 Å². The molecule has 3 aliphatic rings. The predicted octanol–water partition coefficient (Wildman–Crippen LogP) is 6.69. The molecule has 2 aliphatic heterocycles. The number of methoxy groups -OCH3 is 1. The molecular formula is C30H51N3O. The molecule has 2 heterocycles. The first kappa shape index (κ1) is 25.8. The van der Waals surface area contributed by atoms with Crippen molar-refractivity contribution < 1.29 is 4.74 Å². The molecule has 4 rings (SSSR count). The second-order valence-corrected chi connectivity index (χ2v) is 11.4. The summed E-state index contributed by atoms with van der Waals surface area (Å²) in [5.74, 6) is 0.711. The molecule has 0 aromatic heterocycles. The normalized spacial score (nSPS) is 24.2. The Morgan fingerprint density at radius 2 is 1.68 bits per heavy atom. The SMILES string of the molecule is CCCCN1CCN(c2ccc(N3CCC[C@H]3COC)cc2C2CCC(CC)(CC)CC2)CC1. The summed E-state index contributed by atoms with van der Waals surface area (Å²) < 4.78 is 5.57. The molecule has 4 nitrogen and oxygen atoms in total. The number of nitrogens with zero attached hydrogens (tertiary/aromatic N) is 3. The second-order valence-electron chi connectivity index (χ2n) is 11.4. The number of piperazine rings is 1. The Morgan fingerprint density at radius 1 is 0.941 bits per heavy atom. The quantitative estimate of drug-likeness (QED) is 0.380. The molecule has 0 unspecified atom stereocenters. The molecule has 0 amide bonds. The van der Waals surface area contributed by atoms with Gasteiger partial charge in [0.1, 0.15) is 0 Å². The average molecular weight is 470 g/mol. The lowest BCUT2D eigenvalue weighted by Gasteiger charge is -2.42. The smallest absolute Gasteiger partial charge is 0.0666 e. The zero-order valence-corrected chi connectivity index (χ0v) is 22.7. The van der Waals surface area contributed by atoms with E-state index < -0.39 is 0 Å². The van der Waals surface area contributed by atoms with E-state index >= 15 is 0 Å². The third-order valence-electron chi connectivity index (χ3n) is 9.61. The van der Waals surface area contributed by atoms with E-state index in [1.54, 1.807) is 5.56 Å². The molecule has 192 valence electrons. The first-order chi connectivity index (χ1) is 16.6. The molecule has 1 aliphatic carbocycles. The van der Waals surface area contributed by atoms with Crippen LogP contribution in [0.15, 0.2) is 18.2 Å². The van der Waals surface area contributed by atoms with Gasteiger partial charge in [0, 0.05) is 51.2 Å². The van der Waals surface area contributed by atoms with Crippen LogP contribution >= 0.6 is 0 Å². The molecule has 4 heteroatoms. The van der Waals surface area contributed by atoms with Gasteiger partial charge >= 0.3 is 0 Å². The van der Waals surface area contributed by atoms with Gasteiger partial charge in [0.15, 0.2) is 0 Å². The first-order valence-corrected chi connectivity index (χ1v) is 14.5. The predicted molar refractivity (Wildman–Crippen MR) is 146 cm³/mol. The van der Waals surface area contributed by atoms with Gasteiger partial charge < -0.3 is 14.5 Å². The van der Waals surface area contributed by atoms with Crippen LogP contribution in [0.4, 0.5) is 11.4 Å². The number of hydrogen-bond donors (Lipinski definition) is 0. The van der Waals surface area contributed by atoms with Crippen LogP contribution in [0, 0.1) is 5.41 Å². The van der Waals surface area contributed by atoms with Gasteiger partial charge in [-0.25, -0.2) is 0 Å². The Bertz CT molecular complexity index is 743. The Morgan fingerprint density at radius 3 is 2.32 bits per heavy atom. The highest BCUT2D eigenvalue weighted by molar-refractivity contribution is 5.64. The highest BCUT2D eigenvalue weighted by Gasteiger charge is 2.35. The van der Waals surface area contributed by atoms with Gasteiger partial charge in [0.2, 0.25) is 0 Å². The average Bonchev–Trinajstić information content (AvgIpc) is 3.36. The summed E-state index contributed by atoms with van der Waals surface area (Å²) in [7, 11) is 1.85. The lowest BCUT2D eigenvalue weighted by Crippen LogP contribution is -2.47. The monoisotopic (exact) mass is 469 g/mol. The van der Waals surface area contributed by atoms with Crippen molar-refractivity contribution in [3.63, 3.8) is 0 Å². The summed E-state index contributed by atoms with van der Waals surface area (Å²) >= 11 is 0. The largest absolute Gasteiger partial charge is 0.383 e. The number of hydrogen-bond acceptors (Lipinski definition) is 4. The molecule has 34 heavy (non-hydrogen) atoms. The van der Waals surface area contributed by atoms with E-state index in [-0.39, 0.29) is 0 Å². The summed E-state index contributed by atoms with van der Waals surface area (Å²) in [4.78, 5) is 8.01. The van der Waals surface area contributed by atoms with Gasteiger partial charge in [-0.05, 0) is 86.6 Å². The molecule has 0 spiro atoms. The third-order valence-corrected chi connectivity index (χ3v) is 9.61. The van der Waals surface area contributed by atoms with Gasteiger partial charge in [-0.15, -0.1) is 0 Å². The maximum absolute atomic E-state index is 5.57. The van der Waals surface area contributed by atoms with Crippen molar-refractivity contribution in [2.24, 2.45) is 5.41 Å². The lowest BCUT2D eigenvalue weighted by molar-refractivity contribution is 0.159. The van der Waals surface area contributed by atoms with Crippen LogP contribution in [0.1, 0.15) is 96.5 Å². The van der Waals surface area contributed by atoms with Crippen LogP contribution in [0.3, 0.4) is 0 Å². The second kappa shape index (κ2) is 12.1. The van der Waals surface area contributed by atoms with Crippen LogP contribution in [0.2, 0.25) is 0 Å². The van der Waals surface area contributed by atoms with Crippen molar-refractivity contribution in [2.75, 3.05) is 62.8 Å². The van der Waals surface area contributed by atoms with E-state index in [2.05, 4.69) is 53.7 Å². The van der Waals surface area contributed by atoms with Crippen LogP contribution < -0.4 is 9.80 Å². The molecule has 1 aromatic carbocycles. The van der Waals surface area contributed by atoms with Crippen molar-refractivity contribution in [3.8, 4) is 0 Å². The lowest BCUT2D eigenvalue weighted by atomic mass is 9.66. The van der Waals surface area contributed by atoms with Crippen molar-refractivity contribution in [1.29, 1.82) is 0 Å². The van der Waals surface area contributed by atoms with E-state index in [4.69, 9.17) is 4.74 Å². The number of rotatable bonds is 10. The highest BCUT2D eigenvalue weighted by Crippen LogP contribution is 2.49. The maximum atomic E-state index is 5.57. The van der Waals surface area contributed by atoms with E-state index in [0.29, 0.717) is 17.4 Å². The molecular weight excluding hydrogens is 418 g/mol. The van der Waals surface area contributed by atoms with E-state index in [0.717, 1.165) is 6.61 Å². The minimum Gasteiger partial charge on any atom is -0.383 e. The number of ether oxygens (including phenoxy) is 1. The summed E-state index contributed by atoms with van der Waals surface area (Å²) in [6.45, 7) is 15.2. The minimum atomic E-state index is 0.532. The molecule has 0 radical (unpaired) electrons. The Balaban J connectivity index is 1.56. The summed E-state index contributed by atoms with van der Waals surface area (Å²) in [5.41, 5.74) is 5.20. The Labute approximate surface area is 210 Å². The van der Waals surface area contributed by atoms with Crippen molar-refractivity contribution in [3.05, 3.63) is 23.8 Å². The molecule has 1 atom stereocenters. The van der Waals surface area contributed by atoms with Crippen molar-refractivity contribution >= 4 is 11.4 Å². The minimum absolute atomic E-state index is 0.532. The number of unbranched alkanes of at least 4 members (excludes halogenated alkanes) is 1. The molecule has 1 saturated carbocycles. The van der Waals surface area contributed by atoms with Crippen LogP contribution in [0.5, 0.6) is 0 Å². The van der Waals surface area contributed by atoms with Gasteiger partial charge in [0.25, 0.3) is 0 Å². The van der Waals surface area contributed by atoms with Crippen molar-refractivity contribution in [1.82, 2.24) is 4.90 Å². The van der Waals surface area contributed by atoms with Gasteiger partial charge in [-0.3, -0.25) is 4.90 Å².